The van der Waals surface area contributed by atoms with Gasteiger partial charge in [0.1, 0.15) is 36.3 Å². The van der Waals surface area contributed by atoms with Gasteiger partial charge in [0.25, 0.3) is 23.6 Å². The number of carbonyl (C=O) groups is 13. The van der Waals surface area contributed by atoms with Gasteiger partial charge in [0.05, 0.1) is 22.8 Å². The summed E-state index contributed by atoms with van der Waals surface area (Å²) in [6.07, 6.45) is 4.23. The van der Waals surface area contributed by atoms with Crippen LogP contribution in [0.4, 0.5) is 5.69 Å². The zero-order chi connectivity index (χ0) is 64.1. The fourth-order valence-corrected chi connectivity index (χ4v) is 8.88. The molecule has 0 radical (unpaired) electrons. The fraction of sp³-hybridized carbons (Fsp3) is 0.603. The number of imide groups is 2. The maximum atomic E-state index is 14.3. The van der Waals surface area contributed by atoms with Gasteiger partial charge in [0.2, 0.25) is 41.4 Å². The summed E-state index contributed by atoms with van der Waals surface area (Å²) in [5, 5.41) is 27.7. The second-order valence-corrected chi connectivity index (χ2v) is 24.2. The first-order valence-electron chi connectivity index (χ1n) is 28.2. The van der Waals surface area contributed by atoms with E-state index >= 15 is 0 Å². The predicted octanol–water partition coefficient (Wildman–Crippen LogP) is 0.566. The van der Waals surface area contributed by atoms with Gasteiger partial charge < -0.3 is 62.3 Å². The first kappa shape index (κ1) is 69.6. The van der Waals surface area contributed by atoms with Gasteiger partial charge in [-0.05, 0) is 112 Å². The number of anilines is 1. The Hall–Kier alpha value is -7.91. The highest BCUT2D eigenvalue weighted by Crippen LogP contribution is 2.30. The summed E-state index contributed by atoms with van der Waals surface area (Å²) < 4.78 is 18.0. The van der Waals surface area contributed by atoms with Gasteiger partial charge in [-0.15, -0.1) is 0 Å². The molecule has 0 spiro atoms. The minimum absolute atomic E-state index is 0.00567. The van der Waals surface area contributed by atoms with Gasteiger partial charge in [0.15, 0.2) is 5.75 Å². The molecule has 27 nitrogen and oxygen atoms in total. The van der Waals surface area contributed by atoms with Crippen LogP contribution in [-0.2, 0) is 78.2 Å². The topological polar surface area (TPSA) is 387 Å². The Kier molecular flexibility index (Phi) is 24.0. The molecule has 0 fully saturated rings. The second kappa shape index (κ2) is 29.3. The third kappa shape index (κ3) is 19.8. The molecule has 3 heterocycles. The zero-order valence-corrected chi connectivity index (χ0v) is 50.7. The standard InChI is InChI=1S/C58H84N10O17/c1-31(51(78)79)28-37(59)29-36-14-15-39-38(30-36)66-48(75)32(2)62-46(73)33(3)64-53(81)55(6,7)22-26-83-57(10,11)20-24-60-49(76)44(67-40(69)16-17-41(67)70)45(68-42(71)18-19-43(68)72)50(77)61-25-21-58(12,13)84-27-23-56(8,9)54(82)65-34(4)47(74)63-35(5)52(80)85-39/h14-19,30-35,37,44-45H,20-29,59H2,1-13H3,(H,60,76)(H,61,77)(H,62,73)(H,63,74)(H,64,81)(H,65,82)(H,66,75)(H,78,79). The molecule has 1 aromatic rings. The van der Waals surface area contributed by atoms with Crippen LogP contribution in [0.3, 0.4) is 0 Å². The molecule has 0 bridgehead atoms. The van der Waals surface area contributed by atoms with Crippen LogP contribution < -0.4 is 47.7 Å². The fourth-order valence-electron chi connectivity index (χ4n) is 8.88. The van der Waals surface area contributed by atoms with Gasteiger partial charge in [0, 0.05) is 67.5 Å². The molecule has 10 N–H and O–H groups in total. The van der Waals surface area contributed by atoms with E-state index in [0.717, 1.165) is 24.3 Å². The normalized spacial score (nSPS) is 26.7. The Bertz CT molecular complexity index is 2790. The summed E-state index contributed by atoms with van der Waals surface area (Å²) in [4.78, 5) is 175. The number of carboxylic acid groups (broad SMARTS) is 1. The highest BCUT2D eigenvalue weighted by Gasteiger charge is 2.50. The van der Waals surface area contributed by atoms with Crippen LogP contribution in [0.1, 0.15) is 128 Å². The van der Waals surface area contributed by atoms with Crippen LogP contribution in [0.2, 0.25) is 0 Å². The molecule has 1 aromatic carbocycles. The molecule has 468 valence electrons. The first-order chi connectivity index (χ1) is 39.4. The van der Waals surface area contributed by atoms with Crippen molar-refractivity contribution in [1.29, 1.82) is 0 Å². The lowest BCUT2D eigenvalue weighted by molar-refractivity contribution is -0.157. The summed E-state index contributed by atoms with van der Waals surface area (Å²) >= 11 is 0. The second-order valence-electron chi connectivity index (χ2n) is 24.2. The number of hydrogen-bond donors (Lipinski definition) is 9. The van der Waals surface area contributed by atoms with E-state index in [4.69, 9.17) is 19.9 Å². The lowest BCUT2D eigenvalue weighted by atomic mass is 9.88. The van der Waals surface area contributed by atoms with E-state index in [1.807, 2.05) is 0 Å². The highest BCUT2D eigenvalue weighted by atomic mass is 16.5. The average Bonchev–Trinajstić information content (AvgIpc) is 2.22. The van der Waals surface area contributed by atoms with E-state index in [1.54, 1.807) is 61.5 Å². The number of benzene rings is 1. The molecule has 8 atom stereocenters. The number of nitrogens with one attached hydrogen (secondary N) is 7. The molecule has 27 heteroatoms. The molecule has 8 unspecified atom stereocenters. The van der Waals surface area contributed by atoms with Gasteiger partial charge in [-0.25, -0.2) is 4.79 Å². The van der Waals surface area contributed by atoms with E-state index in [9.17, 15) is 67.4 Å². The number of aliphatic carboxylic acids is 1. The predicted molar refractivity (Wildman–Crippen MR) is 306 cm³/mol. The third-order valence-corrected chi connectivity index (χ3v) is 14.8. The van der Waals surface area contributed by atoms with Crippen LogP contribution in [-0.4, -0.2) is 172 Å². The number of hydrogen-bond acceptors (Lipinski definition) is 17. The molecular weight excluding hydrogens is 1110 g/mol. The number of fused-ring (bicyclic) bond motifs is 1. The van der Waals surface area contributed by atoms with Gasteiger partial charge in [-0.3, -0.25) is 67.3 Å². The lowest BCUT2D eigenvalue weighted by Crippen LogP contribution is -2.66. The maximum absolute atomic E-state index is 14.3. The number of carboxylic acids is 1. The van der Waals surface area contributed by atoms with Crippen molar-refractivity contribution in [3.63, 3.8) is 0 Å². The Morgan fingerprint density at radius 3 is 1.40 bits per heavy atom. The van der Waals surface area contributed by atoms with E-state index in [1.165, 1.54) is 46.8 Å². The van der Waals surface area contributed by atoms with Crippen molar-refractivity contribution in [1.82, 2.24) is 41.7 Å². The van der Waals surface area contributed by atoms with Crippen LogP contribution in [0, 0.1) is 16.7 Å². The average molecular weight is 1190 g/mol. The minimum Gasteiger partial charge on any atom is -0.481 e. The quantitative estimate of drug-likeness (QED) is 0.102. The van der Waals surface area contributed by atoms with Crippen molar-refractivity contribution in [3.8, 4) is 5.75 Å². The van der Waals surface area contributed by atoms with Crippen LogP contribution >= 0.6 is 0 Å². The largest absolute Gasteiger partial charge is 0.481 e. The molecule has 4 rings (SSSR count). The third-order valence-electron chi connectivity index (χ3n) is 14.8. The molecule has 0 aliphatic carbocycles. The van der Waals surface area contributed by atoms with E-state index in [2.05, 4.69) is 37.2 Å². The SMILES string of the molecule is CC(CC(N)Cc1ccc2c(c1)NC(=O)C(C)NC(=O)C(C)NC(=O)C(C)(C)CCOC(C)(C)CCNC(=O)C(N1C(=O)C=CC1=O)C(N1C(=O)C=CC1=O)C(=O)NCCC(C)(C)OCCC(C)(C)C(=O)NC(C)C(=O)NC(C)C(=O)O2)C(=O)O. The minimum atomic E-state index is -2.04. The zero-order valence-electron chi connectivity index (χ0n) is 50.7. The smallest absolute Gasteiger partial charge is 0.333 e. The van der Waals surface area contributed by atoms with Crippen molar-refractivity contribution < 1.29 is 81.6 Å². The number of nitrogens with zero attached hydrogens (tertiary/aromatic N) is 2. The number of nitrogens with two attached hydrogens (primary N) is 1. The summed E-state index contributed by atoms with van der Waals surface area (Å²) in [6.45, 7) is 20.0. The van der Waals surface area contributed by atoms with E-state index in [0.29, 0.717) is 15.4 Å². The monoisotopic (exact) mass is 1190 g/mol. The number of ether oxygens (including phenoxy) is 3. The number of amides is 11. The van der Waals surface area contributed by atoms with Crippen LogP contribution in [0.15, 0.2) is 42.5 Å². The number of carbonyl (C=O) groups excluding carboxylic acids is 12. The van der Waals surface area contributed by atoms with Crippen LogP contribution in [0.25, 0.3) is 0 Å². The molecule has 0 saturated heterocycles. The Morgan fingerprint density at radius 1 is 0.588 bits per heavy atom. The Morgan fingerprint density at radius 2 is 0.988 bits per heavy atom. The highest BCUT2D eigenvalue weighted by molar-refractivity contribution is 6.19. The first-order valence-corrected chi connectivity index (χ1v) is 28.2. The van der Waals surface area contributed by atoms with Gasteiger partial charge >= 0.3 is 11.9 Å². The Labute approximate surface area is 494 Å². The molecule has 0 saturated carbocycles. The summed E-state index contributed by atoms with van der Waals surface area (Å²) in [6, 6.07) is -5.21. The molecule has 11 amide bonds. The molecule has 3 aliphatic rings. The summed E-state index contributed by atoms with van der Waals surface area (Å²) in [7, 11) is 0. The number of rotatable bonds is 7. The summed E-state index contributed by atoms with van der Waals surface area (Å²) in [5.41, 5.74) is 2.51. The van der Waals surface area contributed by atoms with Gasteiger partial charge in [-0.2, -0.15) is 0 Å². The van der Waals surface area contributed by atoms with Crippen molar-refractivity contribution >= 4 is 82.6 Å². The van der Waals surface area contributed by atoms with Crippen molar-refractivity contribution in [2.75, 3.05) is 31.6 Å². The maximum Gasteiger partial charge on any atom is 0.333 e. The number of esters is 1. The molecule has 85 heavy (non-hydrogen) atoms. The van der Waals surface area contributed by atoms with Crippen molar-refractivity contribution in [2.24, 2.45) is 22.5 Å². The lowest BCUT2D eigenvalue weighted by Gasteiger charge is -2.36. The van der Waals surface area contributed by atoms with Crippen molar-refractivity contribution in [2.45, 2.75) is 182 Å². The molecular formula is C58H84N10O17. The van der Waals surface area contributed by atoms with E-state index < -0.39 is 147 Å². The van der Waals surface area contributed by atoms with E-state index in [-0.39, 0.29) is 76.3 Å². The molecule has 0 aromatic heterocycles. The van der Waals surface area contributed by atoms with Gasteiger partial charge in [-0.1, -0.05) is 40.7 Å². The van der Waals surface area contributed by atoms with Crippen LogP contribution in [0.5, 0.6) is 5.75 Å². The molecule has 3 aliphatic heterocycles. The summed E-state index contributed by atoms with van der Waals surface area (Å²) in [5.74, 6) is -12.3. The van der Waals surface area contributed by atoms with Crippen molar-refractivity contribution in [3.05, 3.63) is 48.1 Å². The Balaban J connectivity index is 1.62.